The third-order valence-electron chi connectivity index (χ3n) is 5.04. The molecule has 0 bridgehead atoms. The van der Waals surface area contributed by atoms with Crippen LogP contribution in [0.2, 0.25) is 0 Å². The lowest BCUT2D eigenvalue weighted by Crippen LogP contribution is -2.33. The number of carbonyl (C=O) groups is 1. The number of thiazole rings is 1. The Hall–Kier alpha value is -2.26. The third-order valence-corrected chi connectivity index (χ3v) is 6.58. The molecule has 2 heterocycles. The van der Waals surface area contributed by atoms with Crippen LogP contribution in [0.3, 0.4) is 0 Å². The lowest BCUT2D eigenvalue weighted by atomic mass is 10.2. The van der Waals surface area contributed by atoms with E-state index < -0.39 is 0 Å². The van der Waals surface area contributed by atoms with Crippen LogP contribution in [0.1, 0.15) is 22.5 Å². The van der Waals surface area contributed by atoms with E-state index in [2.05, 4.69) is 25.9 Å². The highest BCUT2D eigenvalue weighted by Crippen LogP contribution is 2.32. The number of amides is 1. The van der Waals surface area contributed by atoms with E-state index >= 15 is 0 Å². The number of carbonyl (C=O) groups excluding carboxylic acids is 1. The summed E-state index contributed by atoms with van der Waals surface area (Å²) in [5.41, 5.74) is 3.24. The number of halogens is 2. The van der Waals surface area contributed by atoms with Crippen molar-refractivity contribution >= 4 is 60.9 Å². The average Bonchev–Trinajstić information content (AvgIpc) is 3.34. The first kappa shape index (κ1) is 24.4. The molecule has 9 heteroatoms. The molecule has 0 radical (unpaired) electrons. The predicted octanol–water partition coefficient (Wildman–Crippen LogP) is 5.57. The zero-order chi connectivity index (χ0) is 22.0. The number of aromatic nitrogens is 3. The molecule has 0 aliphatic rings. The molecule has 0 aliphatic heterocycles. The fraction of sp³-hybridized carbons (Fsp3) is 0.261. The van der Waals surface area contributed by atoms with Gasteiger partial charge in [-0.25, -0.2) is 9.67 Å². The predicted molar refractivity (Wildman–Crippen MR) is 138 cm³/mol. The topological polar surface area (TPSA) is 54.3 Å². The summed E-state index contributed by atoms with van der Waals surface area (Å²) in [6, 6.07) is 15.8. The van der Waals surface area contributed by atoms with Gasteiger partial charge in [-0.2, -0.15) is 5.10 Å². The quantitative estimate of drug-likeness (QED) is 0.311. The average molecular weight is 535 g/mol. The maximum atomic E-state index is 13.6. The van der Waals surface area contributed by atoms with E-state index in [1.165, 1.54) is 11.3 Å². The molecule has 0 atom stereocenters. The van der Waals surface area contributed by atoms with Gasteiger partial charge in [0, 0.05) is 11.0 Å². The minimum atomic E-state index is -0.0726. The molecule has 0 saturated heterocycles. The zero-order valence-electron chi connectivity index (χ0n) is 18.2. The van der Waals surface area contributed by atoms with E-state index in [4.69, 9.17) is 4.98 Å². The number of anilines is 1. The van der Waals surface area contributed by atoms with Gasteiger partial charge in [0.25, 0.3) is 5.91 Å². The number of rotatable bonds is 7. The Kier molecular flexibility index (Phi) is 8.05. The first-order chi connectivity index (χ1) is 14.9. The molecule has 168 valence electrons. The summed E-state index contributed by atoms with van der Waals surface area (Å²) in [5, 5.41) is 5.20. The number of para-hydroxylation sites is 1. The number of nitrogens with zero attached hydrogens (tertiary/aromatic N) is 5. The molecule has 4 rings (SSSR count). The summed E-state index contributed by atoms with van der Waals surface area (Å²) in [7, 11) is 4.07. The van der Waals surface area contributed by atoms with Crippen LogP contribution in [-0.4, -0.2) is 52.8 Å². The van der Waals surface area contributed by atoms with E-state index in [1.54, 1.807) is 15.8 Å². The number of fused-ring (bicyclic) bond motifs is 1. The Morgan fingerprint density at radius 1 is 1.12 bits per heavy atom. The van der Waals surface area contributed by atoms with Crippen LogP contribution in [0.15, 0.2) is 59.2 Å². The summed E-state index contributed by atoms with van der Waals surface area (Å²) >= 11 is 5.05. The van der Waals surface area contributed by atoms with Crippen molar-refractivity contribution in [1.29, 1.82) is 0 Å². The van der Waals surface area contributed by atoms with Gasteiger partial charge >= 0.3 is 0 Å². The van der Waals surface area contributed by atoms with Crippen LogP contribution in [0, 0.1) is 6.92 Å². The molecule has 2 aromatic carbocycles. The minimum Gasteiger partial charge on any atom is -0.309 e. The van der Waals surface area contributed by atoms with Gasteiger partial charge in [-0.1, -0.05) is 45.5 Å². The molecular formula is C23H25BrClN5OS. The second-order valence-electron chi connectivity index (χ2n) is 7.61. The van der Waals surface area contributed by atoms with Gasteiger partial charge in [0.05, 0.1) is 33.4 Å². The molecule has 0 N–H and O–H groups in total. The van der Waals surface area contributed by atoms with Crippen LogP contribution in [0.25, 0.3) is 15.9 Å². The van der Waals surface area contributed by atoms with Crippen molar-refractivity contribution in [3.05, 3.63) is 70.5 Å². The monoisotopic (exact) mass is 533 g/mol. The summed E-state index contributed by atoms with van der Waals surface area (Å²) in [4.78, 5) is 22.3. The maximum Gasteiger partial charge on any atom is 0.263 e. The maximum absolute atomic E-state index is 13.6. The Morgan fingerprint density at radius 3 is 2.59 bits per heavy atom. The molecule has 0 fully saturated rings. The smallest absolute Gasteiger partial charge is 0.263 e. The van der Waals surface area contributed by atoms with E-state index in [0.29, 0.717) is 17.2 Å². The largest absolute Gasteiger partial charge is 0.309 e. The highest BCUT2D eigenvalue weighted by atomic mass is 79.9. The first-order valence-electron chi connectivity index (χ1n) is 10.1. The second kappa shape index (κ2) is 10.6. The van der Waals surface area contributed by atoms with E-state index in [0.717, 1.165) is 39.0 Å². The van der Waals surface area contributed by atoms with Crippen molar-refractivity contribution in [2.75, 3.05) is 32.1 Å². The fourth-order valence-corrected chi connectivity index (χ4v) is 4.97. The van der Waals surface area contributed by atoms with Crippen molar-refractivity contribution < 1.29 is 4.79 Å². The van der Waals surface area contributed by atoms with Gasteiger partial charge in [0.15, 0.2) is 5.13 Å². The van der Waals surface area contributed by atoms with Crippen molar-refractivity contribution in [2.45, 2.75) is 13.3 Å². The molecule has 0 saturated carbocycles. The van der Waals surface area contributed by atoms with Crippen molar-refractivity contribution in [3.63, 3.8) is 0 Å². The summed E-state index contributed by atoms with van der Waals surface area (Å²) < 4.78 is 3.85. The second-order valence-corrected chi connectivity index (χ2v) is 9.54. The molecule has 0 aliphatic carbocycles. The Bertz CT molecular complexity index is 1210. The number of hydrogen-bond acceptors (Lipinski definition) is 5. The standard InChI is InChI=1S/C23H24BrN5OS.ClH/c1-16-19(15-25-29(16)18-8-5-4-6-9-18)22(30)28(13-7-12-27(2)3)23-26-20-11-10-17(24)14-21(20)31-23;/h4-6,8-11,14-15H,7,12-13H2,1-3H3;1H. The van der Waals surface area contributed by atoms with Crippen LogP contribution < -0.4 is 4.90 Å². The Balaban J connectivity index is 0.00000289. The molecule has 0 unspecified atom stereocenters. The van der Waals surface area contributed by atoms with Gasteiger partial charge in [-0.3, -0.25) is 9.69 Å². The van der Waals surface area contributed by atoms with Gasteiger partial charge < -0.3 is 4.90 Å². The fourth-order valence-electron chi connectivity index (χ4n) is 3.43. The third kappa shape index (κ3) is 5.20. The molecule has 1 amide bonds. The van der Waals surface area contributed by atoms with Crippen molar-refractivity contribution in [1.82, 2.24) is 19.7 Å². The SMILES string of the molecule is Cc1c(C(=O)N(CCCN(C)C)c2nc3ccc(Br)cc3s2)cnn1-c1ccccc1.Cl. The highest BCUT2D eigenvalue weighted by Gasteiger charge is 2.25. The van der Waals surface area contributed by atoms with Crippen LogP contribution >= 0.6 is 39.7 Å². The molecule has 4 aromatic rings. The lowest BCUT2D eigenvalue weighted by Gasteiger charge is -2.21. The van der Waals surface area contributed by atoms with E-state index in [9.17, 15) is 4.79 Å². The molecule has 0 spiro atoms. The van der Waals surface area contributed by atoms with Crippen molar-refractivity contribution in [3.8, 4) is 5.69 Å². The van der Waals surface area contributed by atoms with Crippen LogP contribution in [0.4, 0.5) is 5.13 Å². The lowest BCUT2D eigenvalue weighted by molar-refractivity contribution is 0.0985. The molecule has 2 aromatic heterocycles. The van der Waals surface area contributed by atoms with Gasteiger partial charge in [0.2, 0.25) is 0 Å². The summed E-state index contributed by atoms with van der Waals surface area (Å²) in [6.07, 6.45) is 2.51. The van der Waals surface area contributed by atoms with Crippen LogP contribution in [-0.2, 0) is 0 Å². The van der Waals surface area contributed by atoms with Crippen LogP contribution in [0.5, 0.6) is 0 Å². The number of hydrogen-bond donors (Lipinski definition) is 0. The normalized spacial score (nSPS) is 11.0. The molecule has 6 nitrogen and oxygen atoms in total. The molecule has 32 heavy (non-hydrogen) atoms. The van der Waals surface area contributed by atoms with E-state index in [-0.39, 0.29) is 18.3 Å². The number of benzene rings is 2. The minimum absolute atomic E-state index is 0. The highest BCUT2D eigenvalue weighted by molar-refractivity contribution is 9.10. The molecular weight excluding hydrogens is 510 g/mol. The first-order valence-corrected chi connectivity index (χ1v) is 11.7. The zero-order valence-corrected chi connectivity index (χ0v) is 21.4. The summed E-state index contributed by atoms with van der Waals surface area (Å²) in [6.45, 7) is 3.41. The summed E-state index contributed by atoms with van der Waals surface area (Å²) in [5.74, 6) is -0.0726. The van der Waals surface area contributed by atoms with Crippen molar-refractivity contribution in [2.24, 2.45) is 0 Å². The Morgan fingerprint density at radius 2 is 1.88 bits per heavy atom. The van der Waals surface area contributed by atoms with Gasteiger partial charge in [-0.15, -0.1) is 12.4 Å². The van der Waals surface area contributed by atoms with E-state index in [1.807, 2.05) is 69.6 Å². The van der Waals surface area contributed by atoms with Gasteiger partial charge in [-0.05, 0) is 64.3 Å². The van der Waals surface area contributed by atoms with Gasteiger partial charge in [0.1, 0.15) is 0 Å². The Labute approximate surface area is 206 Å².